The Hall–Kier alpha value is -1.36. The van der Waals surface area contributed by atoms with E-state index in [-0.39, 0.29) is 17.7 Å². The predicted octanol–water partition coefficient (Wildman–Crippen LogP) is 2.84. The van der Waals surface area contributed by atoms with Crippen molar-refractivity contribution < 1.29 is 23.6 Å². The fourth-order valence-electron chi connectivity index (χ4n) is 2.73. The number of hydrogen-bond donors (Lipinski definition) is 2. The van der Waals surface area contributed by atoms with Crippen LogP contribution < -0.4 is 10.8 Å². The Morgan fingerprint density at radius 2 is 1.86 bits per heavy atom. The number of carboxylic acid groups (broad SMARTS) is 1. The zero-order chi connectivity index (χ0) is 22.3. The van der Waals surface area contributed by atoms with Gasteiger partial charge >= 0.3 is 13.2 Å². The molecule has 0 aliphatic carbocycles. The Labute approximate surface area is 175 Å². The molecule has 0 aromatic carbocycles. The minimum Gasteiger partial charge on any atom is -0.465 e. The van der Waals surface area contributed by atoms with Gasteiger partial charge in [0.2, 0.25) is 0 Å². The first-order valence-corrected chi connectivity index (χ1v) is 13.0. The molecule has 164 valence electrons. The molecule has 0 radical (unpaired) electrons. The topological polar surface area (TPSA) is 94.8 Å². The second-order valence-electron chi connectivity index (χ2n) is 10.3. The van der Waals surface area contributed by atoms with Crippen LogP contribution in [-0.2, 0) is 20.3 Å². The molecule has 10 heteroatoms. The molecule has 1 aromatic heterocycles. The molecule has 1 fully saturated rings. The van der Waals surface area contributed by atoms with E-state index in [1.807, 2.05) is 33.9 Å². The molecule has 8 nitrogen and oxygen atoms in total. The van der Waals surface area contributed by atoms with Crippen molar-refractivity contribution in [1.29, 1.82) is 0 Å². The van der Waals surface area contributed by atoms with Crippen molar-refractivity contribution in [2.45, 2.75) is 90.4 Å². The van der Waals surface area contributed by atoms with Crippen LogP contribution >= 0.6 is 0 Å². The number of amides is 1. The van der Waals surface area contributed by atoms with E-state index >= 15 is 0 Å². The largest absolute Gasteiger partial charge is 0.498 e. The first kappa shape index (κ1) is 23.9. The summed E-state index contributed by atoms with van der Waals surface area (Å²) in [6.07, 6.45) is 2.23. The summed E-state index contributed by atoms with van der Waals surface area (Å²) in [6.45, 7) is 19.5. The van der Waals surface area contributed by atoms with Crippen LogP contribution in [0.4, 0.5) is 4.79 Å². The number of carbonyl (C=O) groups is 1. The minimum absolute atomic E-state index is 0.0203. The summed E-state index contributed by atoms with van der Waals surface area (Å²) in [6, 6.07) is 0. The molecule has 2 heterocycles. The molecule has 1 unspecified atom stereocenters. The van der Waals surface area contributed by atoms with Gasteiger partial charge < -0.3 is 24.2 Å². The second kappa shape index (κ2) is 8.05. The van der Waals surface area contributed by atoms with Gasteiger partial charge in [0.05, 0.1) is 23.9 Å². The number of hydrogen-bond acceptors (Lipinski definition) is 5. The van der Waals surface area contributed by atoms with Gasteiger partial charge in [0.1, 0.15) is 0 Å². The van der Waals surface area contributed by atoms with E-state index in [0.29, 0.717) is 6.54 Å². The summed E-state index contributed by atoms with van der Waals surface area (Å²) in [4.78, 5) is 11.0. The van der Waals surface area contributed by atoms with E-state index in [9.17, 15) is 4.79 Å². The maximum Gasteiger partial charge on any atom is 0.498 e. The van der Waals surface area contributed by atoms with E-state index in [1.54, 1.807) is 10.9 Å². The summed E-state index contributed by atoms with van der Waals surface area (Å²) in [5.74, 6) is 0. The van der Waals surface area contributed by atoms with Crippen LogP contribution in [0.2, 0.25) is 18.1 Å². The lowest BCUT2D eigenvalue weighted by atomic mass is 9.82. The average molecular weight is 425 g/mol. The average Bonchev–Trinajstić information content (AvgIpc) is 3.06. The monoisotopic (exact) mass is 425 g/mol. The first-order chi connectivity index (χ1) is 13.0. The molecule has 0 saturated carbocycles. The molecule has 2 N–H and O–H groups in total. The fourth-order valence-corrected chi connectivity index (χ4v) is 4.07. The Morgan fingerprint density at radius 1 is 1.31 bits per heavy atom. The normalized spacial score (nSPS) is 20.0. The van der Waals surface area contributed by atoms with Crippen molar-refractivity contribution in [3.8, 4) is 0 Å². The third-order valence-electron chi connectivity index (χ3n) is 6.32. The molecule has 1 aromatic rings. The zero-order valence-electron chi connectivity index (χ0n) is 19.2. The highest BCUT2D eigenvalue weighted by molar-refractivity contribution is 6.74. The molecule has 0 bridgehead atoms. The molecule has 1 atom stereocenters. The van der Waals surface area contributed by atoms with Gasteiger partial charge in [-0.25, -0.2) is 4.79 Å². The summed E-state index contributed by atoms with van der Waals surface area (Å²) in [5.41, 5.74) is -0.000828. The standard InChI is InChI=1S/C19H36BN3O5Si/c1-17(2,3)29(8,9)26-15(11-21-16(24)25)13-23-12-14(10-22-23)20-27-18(4,5)19(6,7)28-20/h10,12,15,21H,11,13H2,1-9H3,(H,24,25). The quantitative estimate of drug-likeness (QED) is 0.653. The van der Waals surface area contributed by atoms with Crippen molar-refractivity contribution in [2.24, 2.45) is 0 Å². The van der Waals surface area contributed by atoms with Gasteiger partial charge in [-0.3, -0.25) is 4.68 Å². The first-order valence-electron chi connectivity index (χ1n) is 10.1. The van der Waals surface area contributed by atoms with Crippen LogP contribution in [0.5, 0.6) is 0 Å². The Bertz CT molecular complexity index is 714. The van der Waals surface area contributed by atoms with Crippen molar-refractivity contribution in [3.05, 3.63) is 12.4 Å². The van der Waals surface area contributed by atoms with E-state index in [0.717, 1.165) is 5.46 Å². The molecular weight excluding hydrogens is 389 g/mol. The van der Waals surface area contributed by atoms with Gasteiger partial charge in [-0.1, -0.05) is 20.8 Å². The van der Waals surface area contributed by atoms with Gasteiger partial charge in [-0.05, 0) is 45.8 Å². The SMILES string of the molecule is CC1(C)OB(c2cnn(CC(CNC(=O)O)O[Si](C)(C)C(C)(C)C)c2)OC1(C)C. The van der Waals surface area contributed by atoms with Crippen LogP contribution in [0.15, 0.2) is 12.4 Å². The summed E-state index contributed by atoms with van der Waals surface area (Å²) < 4.78 is 20.4. The molecule has 1 aliphatic heterocycles. The highest BCUT2D eigenvalue weighted by atomic mass is 28.4. The van der Waals surface area contributed by atoms with Crippen molar-refractivity contribution >= 4 is 27.0 Å². The van der Waals surface area contributed by atoms with E-state index in [2.05, 4.69) is 44.3 Å². The maximum absolute atomic E-state index is 11.0. The summed E-state index contributed by atoms with van der Waals surface area (Å²) in [5, 5.41) is 15.9. The second-order valence-corrected chi connectivity index (χ2v) is 15.0. The molecule has 29 heavy (non-hydrogen) atoms. The van der Waals surface area contributed by atoms with Gasteiger partial charge in [-0.2, -0.15) is 5.10 Å². The number of nitrogens with zero attached hydrogens (tertiary/aromatic N) is 2. The molecule has 1 amide bonds. The van der Waals surface area contributed by atoms with Gasteiger partial charge in [0.25, 0.3) is 0 Å². The lowest BCUT2D eigenvalue weighted by molar-refractivity contribution is 0.00578. The third-order valence-corrected chi connectivity index (χ3v) is 10.9. The van der Waals surface area contributed by atoms with Crippen LogP contribution in [-0.4, -0.2) is 60.3 Å². The molecular formula is C19H36BN3O5Si. The lowest BCUT2D eigenvalue weighted by Gasteiger charge is -2.39. The van der Waals surface area contributed by atoms with Crippen LogP contribution in [0.3, 0.4) is 0 Å². The number of nitrogens with one attached hydrogen (secondary N) is 1. The minimum atomic E-state index is -2.07. The Kier molecular flexibility index (Phi) is 6.64. The lowest BCUT2D eigenvalue weighted by Crippen LogP contribution is -2.48. The number of rotatable bonds is 7. The highest BCUT2D eigenvalue weighted by Crippen LogP contribution is 2.38. The molecule has 0 spiro atoms. The zero-order valence-corrected chi connectivity index (χ0v) is 20.2. The Balaban J connectivity index is 2.13. The highest BCUT2D eigenvalue weighted by Gasteiger charge is 2.52. The molecule has 2 rings (SSSR count). The number of aromatic nitrogens is 2. The van der Waals surface area contributed by atoms with E-state index < -0.39 is 32.7 Å². The van der Waals surface area contributed by atoms with Crippen molar-refractivity contribution in [3.63, 3.8) is 0 Å². The van der Waals surface area contributed by atoms with Crippen molar-refractivity contribution in [1.82, 2.24) is 15.1 Å². The molecule has 1 saturated heterocycles. The smallest absolute Gasteiger partial charge is 0.465 e. The van der Waals surface area contributed by atoms with E-state index in [1.165, 1.54) is 0 Å². The predicted molar refractivity (Wildman–Crippen MR) is 116 cm³/mol. The maximum atomic E-state index is 11.0. The van der Waals surface area contributed by atoms with Gasteiger partial charge in [0, 0.05) is 24.4 Å². The van der Waals surface area contributed by atoms with Crippen LogP contribution in [0, 0.1) is 0 Å². The van der Waals surface area contributed by atoms with Crippen LogP contribution in [0.25, 0.3) is 0 Å². The van der Waals surface area contributed by atoms with Gasteiger partial charge in [0.15, 0.2) is 8.32 Å². The summed E-state index contributed by atoms with van der Waals surface area (Å²) >= 11 is 0. The Morgan fingerprint density at radius 3 is 2.34 bits per heavy atom. The fraction of sp³-hybridized carbons (Fsp3) is 0.789. The van der Waals surface area contributed by atoms with Crippen molar-refractivity contribution in [2.75, 3.05) is 6.54 Å². The van der Waals surface area contributed by atoms with Crippen LogP contribution in [0.1, 0.15) is 48.5 Å². The van der Waals surface area contributed by atoms with Gasteiger partial charge in [-0.15, -0.1) is 0 Å². The third kappa shape index (κ3) is 5.62. The van der Waals surface area contributed by atoms with E-state index in [4.69, 9.17) is 18.8 Å². The molecule has 1 aliphatic rings. The summed E-state index contributed by atoms with van der Waals surface area (Å²) in [7, 11) is -2.56.